The Morgan fingerprint density at radius 3 is 1.25 bits per heavy atom. The Morgan fingerprint density at radius 2 is 1.08 bits per heavy atom. The Balaban J connectivity index is 3.92. The quantitative estimate of drug-likeness (QED) is 0.706. The zero-order valence-electron chi connectivity index (χ0n) is 9.32. The van der Waals surface area contributed by atoms with E-state index in [0.29, 0.717) is 0 Å². The summed E-state index contributed by atoms with van der Waals surface area (Å²) in [7, 11) is 0. The first-order valence-corrected chi connectivity index (χ1v) is 9.82. The van der Waals surface area contributed by atoms with Crippen LogP contribution in [0.25, 0.3) is 0 Å². The second-order valence-electron chi connectivity index (χ2n) is 6.01. The van der Waals surface area contributed by atoms with Gasteiger partial charge >= 0.3 is 84.1 Å². The average Bonchev–Trinajstić information content (AvgIpc) is 1.49. The van der Waals surface area contributed by atoms with E-state index in [4.69, 9.17) is 0 Å². The summed E-state index contributed by atoms with van der Waals surface area (Å²) in [5.74, 6) is 0. The number of hydrogen-bond acceptors (Lipinski definition) is 1. The SMILES string of the molecule is CC(C)(C)[CH2][Sn](=[O])[CH2]C(C)(C)C. The molecule has 0 aromatic carbocycles. The van der Waals surface area contributed by atoms with E-state index < -0.39 is 19.7 Å². The molecule has 0 heterocycles. The third-order valence-corrected chi connectivity index (χ3v) is 9.76. The predicted molar refractivity (Wildman–Crippen MR) is 55.0 cm³/mol. The van der Waals surface area contributed by atoms with Gasteiger partial charge in [0.25, 0.3) is 0 Å². The third-order valence-electron chi connectivity index (χ3n) is 1.45. The second kappa shape index (κ2) is 4.21. The van der Waals surface area contributed by atoms with Crippen molar-refractivity contribution in [1.29, 1.82) is 0 Å². The molecular weight excluding hydrogens is 255 g/mol. The minimum absolute atomic E-state index is 0.266. The summed E-state index contributed by atoms with van der Waals surface area (Å²) in [4.78, 5) is 0. The van der Waals surface area contributed by atoms with E-state index in [-0.39, 0.29) is 10.8 Å². The van der Waals surface area contributed by atoms with Gasteiger partial charge in [-0.2, -0.15) is 0 Å². The van der Waals surface area contributed by atoms with Gasteiger partial charge in [-0.15, -0.1) is 0 Å². The fourth-order valence-corrected chi connectivity index (χ4v) is 8.36. The molecule has 0 rings (SSSR count). The van der Waals surface area contributed by atoms with Crippen LogP contribution in [0, 0.1) is 10.8 Å². The van der Waals surface area contributed by atoms with Gasteiger partial charge < -0.3 is 0 Å². The van der Waals surface area contributed by atoms with Crippen molar-refractivity contribution < 1.29 is 3.08 Å². The van der Waals surface area contributed by atoms with Gasteiger partial charge in [0, 0.05) is 0 Å². The minimum atomic E-state index is -2.24. The number of rotatable bonds is 2. The molecule has 1 nitrogen and oxygen atoms in total. The van der Waals surface area contributed by atoms with Gasteiger partial charge in [-0.05, 0) is 0 Å². The van der Waals surface area contributed by atoms with Gasteiger partial charge in [-0.25, -0.2) is 0 Å². The number of hydrogen-bond donors (Lipinski definition) is 0. The first-order valence-electron chi connectivity index (χ1n) is 4.62. The van der Waals surface area contributed by atoms with E-state index in [1.165, 1.54) is 0 Å². The monoisotopic (exact) mass is 278 g/mol. The van der Waals surface area contributed by atoms with Crippen LogP contribution in [-0.2, 0) is 3.08 Å². The molecule has 0 aromatic rings. The zero-order chi connectivity index (χ0) is 9.99. The van der Waals surface area contributed by atoms with Crippen LogP contribution in [0.2, 0.25) is 8.87 Å². The van der Waals surface area contributed by atoms with E-state index in [1.54, 1.807) is 0 Å². The Morgan fingerprint density at radius 1 is 0.833 bits per heavy atom. The molecule has 2 heteroatoms. The molecule has 0 amide bonds. The Labute approximate surface area is 84.1 Å². The zero-order valence-corrected chi connectivity index (χ0v) is 12.2. The molecule has 0 atom stereocenters. The molecule has 0 unspecified atom stereocenters. The van der Waals surface area contributed by atoms with E-state index in [1.807, 2.05) is 0 Å². The van der Waals surface area contributed by atoms with Crippen LogP contribution >= 0.6 is 0 Å². The van der Waals surface area contributed by atoms with E-state index in [2.05, 4.69) is 41.5 Å². The van der Waals surface area contributed by atoms with Crippen LogP contribution in [0.15, 0.2) is 0 Å². The van der Waals surface area contributed by atoms with Gasteiger partial charge in [0.1, 0.15) is 0 Å². The van der Waals surface area contributed by atoms with Gasteiger partial charge in [-0.3, -0.25) is 0 Å². The maximum absolute atomic E-state index is 11.8. The summed E-state index contributed by atoms with van der Waals surface area (Å²) >= 11 is -2.24. The summed E-state index contributed by atoms with van der Waals surface area (Å²) in [6.45, 7) is 13.0. The van der Waals surface area contributed by atoms with Crippen LogP contribution in [-0.4, -0.2) is 19.7 Å². The van der Waals surface area contributed by atoms with E-state index in [9.17, 15) is 3.08 Å². The molecule has 0 aliphatic heterocycles. The first kappa shape index (κ1) is 12.6. The van der Waals surface area contributed by atoms with Crippen molar-refractivity contribution in [3.63, 3.8) is 0 Å². The standard InChI is InChI=1S/2C5H11.O.Sn/c2*1-5(2,3)4;;/h2*1H2,2-4H3;;. The summed E-state index contributed by atoms with van der Waals surface area (Å²) in [6.07, 6.45) is 0. The topological polar surface area (TPSA) is 17.1 Å². The molecule has 72 valence electrons. The summed E-state index contributed by atoms with van der Waals surface area (Å²) in [6, 6.07) is 0. The van der Waals surface area contributed by atoms with Crippen molar-refractivity contribution >= 4 is 19.7 Å². The molecule has 0 spiro atoms. The van der Waals surface area contributed by atoms with Gasteiger partial charge in [0.15, 0.2) is 0 Å². The molecule has 0 N–H and O–H groups in total. The summed E-state index contributed by atoms with van der Waals surface area (Å²) in [5.41, 5.74) is 0.531. The normalized spacial score (nSPS) is 13.2. The van der Waals surface area contributed by atoms with Crippen molar-refractivity contribution in [3.8, 4) is 0 Å². The summed E-state index contributed by atoms with van der Waals surface area (Å²) in [5, 5.41) is 0. The van der Waals surface area contributed by atoms with Gasteiger partial charge in [0.2, 0.25) is 0 Å². The van der Waals surface area contributed by atoms with Crippen LogP contribution in [0.1, 0.15) is 41.5 Å². The molecular formula is C10H22OSn. The van der Waals surface area contributed by atoms with Crippen molar-refractivity contribution in [1.82, 2.24) is 0 Å². The van der Waals surface area contributed by atoms with Crippen LogP contribution in [0.4, 0.5) is 0 Å². The van der Waals surface area contributed by atoms with Gasteiger partial charge in [0.05, 0.1) is 0 Å². The molecule has 0 fully saturated rings. The predicted octanol–water partition coefficient (Wildman–Crippen LogP) is 3.50. The fourth-order valence-electron chi connectivity index (χ4n) is 1.25. The molecule has 0 aliphatic rings. The first-order chi connectivity index (χ1) is 5.10. The van der Waals surface area contributed by atoms with Crippen molar-refractivity contribution in [2.45, 2.75) is 50.4 Å². The van der Waals surface area contributed by atoms with Gasteiger partial charge in [-0.1, -0.05) is 0 Å². The van der Waals surface area contributed by atoms with Crippen LogP contribution < -0.4 is 0 Å². The Hall–Kier alpha value is 0.599. The molecule has 0 bridgehead atoms. The molecule has 0 aliphatic carbocycles. The Bertz CT molecular complexity index is 142. The second-order valence-corrected chi connectivity index (χ2v) is 11.1. The Kier molecular flexibility index (Phi) is 4.42. The molecule has 0 saturated heterocycles. The maximum atomic E-state index is 11.8. The molecule has 0 radical (unpaired) electrons. The van der Waals surface area contributed by atoms with Crippen molar-refractivity contribution in [3.05, 3.63) is 0 Å². The van der Waals surface area contributed by atoms with Crippen LogP contribution in [0.3, 0.4) is 0 Å². The fraction of sp³-hybridized carbons (Fsp3) is 1.00. The van der Waals surface area contributed by atoms with E-state index >= 15 is 0 Å². The third kappa shape index (κ3) is 8.69. The molecule has 12 heavy (non-hydrogen) atoms. The van der Waals surface area contributed by atoms with Crippen molar-refractivity contribution in [2.75, 3.05) is 0 Å². The van der Waals surface area contributed by atoms with Crippen LogP contribution in [0.5, 0.6) is 0 Å². The molecule has 0 saturated carbocycles. The van der Waals surface area contributed by atoms with E-state index in [0.717, 1.165) is 8.87 Å². The van der Waals surface area contributed by atoms with Crippen molar-refractivity contribution in [2.24, 2.45) is 10.8 Å². The summed E-state index contributed by atoms with van der Waals surface area (Å²) < 4.78 is 13.7. The molecule has 0 aromatic heterocycles. The average molecular weight is 277 g/mol.